The highest BCUT2D eigenvalue weighted by atomic mass is 16.5. The summed E-state index contributed by atoms with van der Waals surface area (Å²) in [6, 6.07) is 1.94. The first-order valence-corrected chi connectivity index (χ1v) is 5.15. The minimum absolute atomic E-state index is 0.728. The zero-order valence-electron chi connectivity index (χ0n) is 9.44. The second-order valence-corrected chi connectivity index (χ2v) is 3.56. The molecule has 0 aliphatic rings. The molecule has 4 heteroatoms. The van der Waals surface area contributed by atoms with Crippen molar-refractivity contribution >= 4 is 11.4 Å². The molecule has 4 nitrogen and oxygen atoms in total. The number of aromatic nitrogens is 1. The first kappa shape index (κ1) is 11.8. The molecular formula is C11H19N3O. The number of nitrogen functional groups attached to an aromatic ring is 1. The topological polar surface area (TPSA) is 51.4 Å². The summed E-state index contributed by atoms with van der Waals surface area (Å²) in [5, 5.41) is 0. The Kier molecular flexibility index (Phi) is 4.90. The Morgan fingerprint density at radius 2 is 2.27 bits per heavy atom. The van der Waals surface area contributed by atoms with Crippen molar-refractivity contribution < 1.29 is 4.74 Å². The van der Waals surface area contributed by atoms with Gasteiger partial charge in [0.2, 0.25) is 0 Å². The number of unbranched alkanes of at least 4 members (excludes halogenated alkanes) is 1. The molecule has 0 unspecified atom stereocenters. The van der Waals surface area contributed by atoms with Gasteiger partial charge < -0.3 is 15.4 Å². The van der Waals surface area contributed by atoms with Crippen LogP contribution in [0, 0.1) is 0 Å². The molecule has 1 rings (SSSR count). The molecule has 0 fully saturated rings. The molecule has 0 radical (unpaired) electrons. The number of methoxy groups -OCH3 is 1. The SMILES string of the molecule is COCCCCN(C)c1ccncc1N. The van der Waals surface area contributed by atoms with E-state index in [4.69, 9.17) is 10.5 Å². The van der Waals surface area contributed by atoms with Gasteiger partial charge in [-0.1, -0.05) is 0 Å². The Balaban J connectivity index is 2.40. The van der Waals surface area contributed by atoms with E-state index in [1.165, 1.54) is 0 Å². The Hall–Kier alpha value is -1.29. The summed E-state index contributed by atoms with van der Waals surface area (Å²) < 4.78 is 5.00. The molecule has 0 aliphatic carbocycles. The summed E-state index contributed by atoms with van der Waals surface area (Å²) in [7, 11) is 3.77. The number of ether oxygens (including phenoxy) is 1. The molecule has 0 aromatic carbocycles. The second-order valence-electron chi connectivity index (χ2n) is 3.56. The van der Waals surface area contributed by atoms with Gasteiger partial charge in [0, 0.05) is 33.5 Å². The lowest BCUT2D eigenvalue weighted by Crippen LogP contribution is -2.20. The van der Waals surface area contributed by atoms with Gasteiger partial charge in [0.05, 0.1) is 17.6 Å². The van der Waals surface area contributed by atoms with Crippen LogP contribution >= 0.6 is 0 Å². The quantitative estimate of drug-likeness (QED) is 0.722. The minimum atomic E-state index is 0.728. The number of hydrogen-bond acceptors (Lipinski definition) is 4. The Labute approximate surface area is 91.1 Å². The van der Waals surface area contributed by atoms with Gasteiger partial charge in [-0.2, -0.15) is 0 Å². The van der Waals surface area contributed by atoms with Crippen molar-refractivity contribution in [2.45, 2.75) is 12.8 Å². The molecule has 0 bridgehead atoms. The molecule has 1 aromatic heterocycles. The molecule has 15 heavy (non-hydrogen) atoms. The van der Waals surface area contributed by atoms with Crippen LogP contribution in [0.5, 0.6) is 0 Å². The number of pyridine rings is 1. The van der Waals surface area contributed by atoms with Gasteiger partial charge in [0.25, 0.3) is 0 Å². The molecule has 0 spiro atoms. The van der Waals surface area contributed by atoms with Crippen molar-refractivity contribution in [2.75, 3.05) is 37.9 Å². The van der Waals surface area contributed by atoms with Crippen molar-refractivity contribution in [3.8, 4) is 0 Å². The van der Waals surface area contributed by atoms with E-state index in [9.17, 15) is 0 Å². The lowest BCUT2D eigenvalue weighted by Gasteiger charge is -2.20. The predicted molar refractivity (Wildman–Crippen MR) is 63.0 cm³/mol. The predicted octanol–water partition coefficient (Wildman–Crippen LogP) is 1.53. The van der Waals surface area contributed by atoms with E-state index in [1.807, 2.05) is 13.1 Å². The highest BCUT2D eigenvalue weighted by Crippen LogP contribution is 2.19. The number of hydrogen-bond donors (Lipinski definition) is 1. The number of anilines is 2. The highest BCUT2D eigenvalue weighted by molar-refractivity contribution is 5.65. The van der Waals surface area contributed by atoms with Crippen molar-refractivity contribution in [1.82, 2.24) is 4.98 Å². The van der Waals surface area contributed by atoms with Crippen LogP contribution in [0.1, 0.15) is 12.8 Å². The third-order valence-corrected chi connectivity index (χ3v) is 2.33. The third kappa shape index (κ3) is 3.75. The van der Waals surface area contributed by atoms with Gasteiger partial charge in [-0.15, -0.1) is 0 Å². The van der Waals surface area contributed by atoms with Crippen LogP contribution in [0.25, 0.3) is 0 Å². The van der Waals surface area contributed by atoms with Crippen LogP contribution < -0.4 is 10.6 Å². The van der Waals surface area contributed by atoms with Gasteiger partial charge in [-0.3, -0.25) is 4.98 Å². The lowest BCUT2D eigenvalue weighted by atomic mass is 10.2. The van der Waals surface area contributed by atoms with E-state index >= 15 is 0 Å². The zero-order valence-corrected chi connectivity index (χ0v) is 9.44. The molecule has 0 aliphatic heterocycles. The summed E-state index contributed by atoms with van der Waals surface area (Å²) >= 11 is 0. The van der Waals surface area contributed by atoms with E-state index in [1.54, 1.807) is 19.5 Å². The average Bonchev–Trinajstić information content (AvgIpc) is 2.25. The zero-order chi connectivity index (χ0) is 11.1. The van der Waals surface area contributed by atoms with Crippen LogP contribution in [-0.2, 0) is 4.74 Å². The lowest BCUT2D eigenvalue weighted by molar-refractivity contribution is 0.193. The maximum absolute atomic E-state index is 5.82. The Morgan fingerprint density at radius 3 is 2.93 bits per heavy atom. The molecular weight excluding hydrogens is 190 g/mol. The molecule has 2 N–H and O–H groups in total. The van der Waals surface area contributed by atoms with Crippen LogP contribution in [0.4, 0.5) is 11.4 Å². The first-order chi connectivity index (χ1) is 7.25. The number of nitrogens with zero attached hydrogens (tertiary/aromatic N) is 2. The van der Waals surface area contributed by atoms with Gasteiger partial charge >= 0.3 is 0 Å². The van der Waals surface area contributed by atoms with Gasteiger partial charge in [-0.05, 0) is 18.9 Å². The first-order valence-electron chi connectivity index (χ1n) is 5.15. The van der Waals surface area contributed by atoms with E-state index in [0.29, 0.717) is 0 Å². The fraction of sp³-hybridized carbons (Fsp3) is 0.545. The molecule has 84 valence electrons. The van der Waals surface area contributed by atoms with E-state index in [0.717, 1.165) is 37.4 Å². The van der Waals surface area contributed by atoms with Gasteiger partial charge in [0.1, 0.15) is 0 Å². The standard InChI is InChI=1S/C11H19N3O/c1-14(7-3-4-8-15-2)11-5-6-13-9-10(11)12/h5-6,9H,3-4,7-8,12H2,1-2H3. The molecule has 0 amide bonds. The van der Waals surface area contributed by atoms with E-state index < -0.39 is 0 Å². The van der Waals surface area contributed by atoms with E-state index in [2.05, 4.69) is 9.88 Å². The average molecular weight is 209 g/mol. The monoisotopic (exact) mass is 209 g/mol. The van der Waals surface area contributed by atoms with Crippen LogP contribution in [0.15, 0.2) is 18.5 Å². The fourth-order valence-electron chi connectivity index (χ4n) is 1.46. The molecule has 0 saturated heterocycles. The summed E-state index contributed by atoms with van der Waals surface area (Å²) in [5.41, 5.74) is 7.60. The van der Waals surface area contributed by atoms with E-state index in [-0.39, 0.29) is 0 Å². The summed E-state index contributed by atoms with van der Waals surface area (Å²) in [5.74, 6) is 0. The fourth-order valence-corrected chi connectivity index (χ4v) is 1.46. The highest BCUT2D eigenvalue weighted by Gasteiger charge is 2.03. The van der Waals surface area contributed by atoms with Crippen LogP contribution in [0.2, 0.25) is 0 Å². The molecule has 1 heterocycles. The maximum atomic E-state index is 5.82. The minimum Gasteiger partial charge on any atom is -0.396 e. The summed E-state index contributed by atoms with van der Waals surface area (Å²) in [6.45, 7) is 1.80. The molecule has 0 saturated carbocycles. The van der Waals surface area contributed by atoms with Crippen molar-refractivity contribution in [3.05, 3.63) is 18.5 Å². The van der Waals surface area contributed by atoms with Crippen molar-refractivity contribution in [2.24, 2.45) is 0 Å². The molecule has 1 aromatic rings. The smallest absolute Gasteiger partial charge is 0.0738 e. The third-order valence-electron chi connectivity index (χ3n) is 2.33. The number of nitrogens with two attached hydrogens (primary N) is 1. The maximum Gasteiger partial charge on any atom is 0.0738 e. The van der Waals surface area contributed by atoms with Gasteiger partial charge in [0.15, 0.2) is 0 Å². The summed E-state index contributed by atoms with van der Waals surface area (Å²) in [6.07, 6.45) is 5.62. The van der Waals surface area contributed by atoms with Crippen molar-refractivity contribution in [1.29, 1.82) is 0 Å². The van der Waals surface area contributed by atoms with Gasteiger partial charge in [-0.25, -0.2) is 0 Å². The number of rotatable bonds is 6. The Morgan fingerprint density at radius 1 is 1.47 bits per heavy atom. The summed E-state index contributed by atoms with van der Waals surface area (Å²) in [4.78, 5) is 6.11. The molecule has 0 atom stereocenters. The van der Waals surface area contributed by atoms with Crippen LogP contribution in [-0.4, -0.2) is 32.3 Å². The van der Waals surface area contributed by atoms with Crippen molar-refractivity contribution in [3.63, 3.8) is 0 Å². The van der Waals surface area contributed by atoms with Crippen LogP contribution in [0.3, 0.4) is 0 Å². The normalized spacial score (nSPS) is 10.3. The largest absolute Gasteiger partial charge is 0.396 e. The Bertz CT molecular complexity index is 291. The second kappa shape index (κ2) is 6.24.